The van der Waals surface area contributed by atoms with Gasteiger partial charge in [-0.15, -0.1) is 11.3 Å². The standard InChI is InChI=1S/C12H7Br2FOS/c1-6-4-10(14)12(17-6)11(16)8-3-2-7(15)5-9(8)13/h2-5H,1H3. The first-order valence-corrected chi connectivity index (χ1v) is 7.15. The quantitative estimate of drug-likeness (QED) is 0.676. The number of aryl methyl sites for hydroxylation is 1. The highest BCUT2D eigenvalue weighted by Gasteiger charge is 2.18. The monoisotopic (exact) mass is 376 g/mol. The van der Waals surface area contributed by atoms with E-state index in [2.05, 4.69) is 31.9 Å². The third-order valence-electron chi connectivity index (χ3n) is 2.19. The molecule has 1 aromatic heterocycles. The van der Waals surface area contributed by atoms with E-state index < -0.39 is 0 Å². The summed E-state index contributed by atoms with van der Waals surface area (Å²) < 4.78 is 14.2. The maximum atomic E-state index is 12.9. The minimum atomic E-state index is -0.366. The molecular weight excluding hydrogens is 371 g/mol. The summed E-state index contributed by atoms with van der Waals surface area (Å²) >= 11 is 7.98. The van der Waals surface area contributed by atoms with Crippen LogP contribution in [0.4, 0.5) is 4.39 Å². The number of thiophene rings is 1. The molecule has 2 rings (SSSR count). The Bertz CT molecular complexity index is 592. The van der Waals surface area contributed by atoms with Crippen molar-refractivity contribution in [2.75, 3.05) is 0 Å². The van der Waals surface area contributed by atoms with Crippen molar-refractivity contribution < 1.29 is 9.18 Å². The molecule has 0 N–H and O–H groups in total. The number of ketones is 1. The Morgan fingerprint density at radius 3 is 2.47 bits per heavy atom. The van der Waals surface area contributed by atoms with Crippen LogP contribution in [0.15, 0.2) is 33.2 Å². The van der Waals surface area contributed by atoms with Crippen LogP contribution in [0.2, 0.25) is 0 Å². The van der Waals surface area contributed by atoms with Gasteiger partial charge in [-0.1, -0.05) is 0 Å². The lowest BCUT2D eigenvalue weighted by Crippen LogP contribution is -2.00. The molecule has 0 amide bonds. The summed E-state index contributed by atoms with van der Waals surface area (Å²) in [7, 11) is 0. The van der Waals surface area contributed by atoms with Gasteiger partial charge in [0.2, 0.25) is 5.78 Å². The molecule has 0 aliphatic carbocycles. The molecule has 0 unspecified atom stereocenters. The molecule has 0 radical (unpaired) electrons. The van der Waals surface area contributed by atoms with Crippen LogP contribution in [0.3, 0.4) is 0 Å². The molecule has 2 aromatic rings. The van der Waals surface area contributed by atoms with Gasteiger partial charge in [-0.05, 0) is 63.0 Å². The zero-order chi connectivity index (χ0) is 12.6. The number of carbonyl (C=O) groups excluding carboxylic acids is 1. The van der Waals surface area contributed by atoms with Gasteiger partial charge < -0.3 is 0 Å². The van der Waals surface area contributed by atoms with Crippen LogP contribution in [-0.2, 0) is 0 Å². The number of carbonyl (C=O) groups is 1. The number of hydrogen-bond acceptors (Lipinski definition) is 2. The van der Waals surface area contributed by atoms with Crippen molar-refractivity contribution in [3.05, 3.63) is 54.3 Å². The van der Waals surface area contributed by atoms with Crippen molar-refractivity contribution >= 4 is 49.0 Å². The largest absolute Gasteiger partial charge is 0.288 e. The summed E-state index contributed by atoms with van der Waals surface area (Å²) in [5.41, 5.74) is 0.467. The summed E-state index contributed by atoms with van der Waals surface area (Å²) in [6.07, 6.45) is 0. The first-order chi connectivity index (χ1) is 7.99. The van der Waals surface area contributed by atoms with Crippen molar-refractivity contribution in [1.82, 2.24) is 0 Å². The summed E-state index contributed by atoms with van der Waals surface area (Å²) in [6.45, 7) is 1.94. The Kier molecular flexibility index (Phi) is 3.80. The van der Waals surface area contributed by atoms with Gasteiger partial charge >= 0.3 is 0 Å². The molecule has 0 atom stereocenters. The Hall–Kier alpha value is -0.520. The van der Waals surface area contributed by atoms with Crippen LogP contribution in [0.1, 0.15) is 20.1 Å². The van der Waals surface area contributed by atoms with Gasteiger partial charge in [0.15, 0.2) is 0 Å². The molecule has 0 saturated heterocycles. The van der Waals surface area contributed by atoms with Crippen LogP contribution in [0, 0.1) is 12.7 Å². The molecule has 0 spiro atoms. The first-order valence-electron chi connectivity index (χ1n) is 4.74. The molecule has 1 heterocycles. The summed E-state index contributed by atoms with van der Waals surface area (Å²) in [6, 6.07) is 5.96. The van der Waals surface area contributed by atoms with E-state index in [0.717, 1.165) is 9.35 Å². The molecule has 0 saturated carbocycles. The minimum absolute atomic E-state index is 0.109. The highest BCUT2D eigenvalue weighted by Crippen LogP contribution is 2.31. The maximum absolute atomic E-state index is 12.9. The van der Waals surface area contributed by atoms with Gasteiger partial charge in [0.1, 0.15) is 5.82 Å². The second-order valence-electron chi connectivity index (χ2n) is 3.49. The van der Waals surface area contributed by atoms with E-state index in [1.54, 1.807) is 0 Å². The van der Waals surface area contributed by atoms with Crippen LogP contribution < -0.4 is 0 Å². The number of hydrogen-bond donors (Lipinski definition) is 0. The van der Waals surface area contributed by atoms with Crippen LogP contribution in [0.5, 0.6) is 0 Å². The molecule has 0 aliphatic rings. The molecule has 1 nitrogen and oxygen atoms in total. The zero-order valence-electron chi connectivity index (χ0n) is 8.76. The van der Waals surface area contributed by atoms with E-state index in [4.69, 9.17) is 0 Å². The molecule has 1 aromatic carbocycles. The van der Waals surface area contributed by atoms with Gasteiger partial charge in [0.25, 0.3) is 0 Å². The second-order valence-corrected chi connectivity index (χ2v) is 6.45. The average molecular weight is 378 g/mol. The van der Waals surface area contributed by atoms with Gasteiger partial charge in [-0.25, -0.2) is 4.39 Å². The SMILES string of the molecule is Cc1cc(Br)c(C(=O)c2ccc(F)cc2Br)s1. The van der Waals surface area contributed by atoms with E-state index >= 15 is 0 Å². The Morgan fingerprint density at radius 2 is 1.94 bits per heavy atom. The maximum Gasteiger partial charge on any atom is 0.205 e. The van der Waals surface area contributed by atoms with Crippen LogP contribution >= 0.6 is 43.2 Å². The van der Waals surface area contributed by atoms with E-state index in [1.165, 1.54) is 29.5 Å². The Balaban J connectivity index is 2.47. The first kappa shape index (κ1) is 12.9. The molecule has 0 aliphatic heterocycles. The van der Waals surface area contributed by atoms with Gasteiger partial charge in [-0.3, -0.25) is 4.79 Å². The summed E-state index contributed by atoms with van der Waals surface area (Å²) in [5, 5.41) is 0. The molecule has 0 bridgehead atoms. The van der Waals surface area contributed by atoms with Gasteiger partial charge in [0.05, 0.1) is 4.88 Å². The lowest BCUT2D eigenvalue weighted by atomic mass is 10.1. The molecule has 5 heteroatoms. The number of halogens is 3. The second kappa shape index (κ2) is 5.00. The van der Waals surface area contributed by atoms with Crippen molar-refractivity contribution in [3.63, 3.8) is 0 Å². The predicted octanol–water partition coefficient (Wildman–Crippen LogP) is 4.95. The third-order valence-corrected chi connectivity index (χ3v) is 4.79. The summed E-state index contributed by atoms with van der Waals surface area (Å²) in [4.78, 5) is 13.9. The highest BCUT2D eigenvalue weighted by atomic mass is 79.9. The van der Waals surface area contributed by atoms with Gasteiger partial charge in [-0.2, -0.15) is 0 Å². The average Bonchev–Trinajstić information content (AvgIpc) is 2.57. The van der Waals surface area contributed by atoms with Crippen LogP contribution in [0.25, 0.3) is 0 Å². The lowest BCUT2D eigenvalue weighted by molar-refractivity contribution is 0.104. The predicted molar refractivity (Wildman–Crippen MR) is 74.3 cm³/mol. The number of benzene rings is 1. The molecule has 88 valence electrons. The van der Waals surface area contributed by atoms with E-state index in [-0.39, 0.29) is 11.6 Å². The smallest absolute Gasteiger partial charge is 0.205 e. The third kappa shape index (κ3) is 2.67. The Morgan fingerprint density at radius 1 is 1.24 bits per heavy atom. The van der Waals surface area contributed by atoms with Crippen molar-refractivity contribution in [2.24, 2.45) is 0 Å². The van der Waals surface area contributed by atoms with Crippen molar-refractivity contribution in [2.45, 2.75) is 6.92 Å². The topological polar surface area (TPSA) is 17.1 Å². The molecular formula is C12H7Br2FOS. The van der Waals surface area contributed by atoms with E-state index in [0.29, 0.717) is 14.9 Å². The molecule has 17 heavy (non-hydrogen) atoms. The highest BCUT2D eigenvalue weighted by molar-refractivity contribution is 9.11. The van der Waals surface area contributed by atoms with Crippen molar-refractivity contribution in [1.29, 1.82) is 0 Å². The van der Waals surface area contributed by atoms with Crippen LogP contribution in [-0.4, -0.2) is 5.78 Å². The zero-order valence-corrected chi connectivity index (χ0v) is 12.7. The Labute approximate surface area is 119 Å². The number of rotatable bonds is 2. The fourth-order valence-corrected chi connectivity index (χ4v) is 3.74. The normalized spacial score (nSPS) is 10.6. The fraction of sp³-hybridized carbons (Fsp3) is 0.0833. The molecule has 0 fully saturated rings. The van der Waals surface area contributed by atoms with E-state index in [1.807, 2.05) is 13.0 Å². The lowest BCUT2D eigenvalue weighted by Gasteiger charge is -2.02. The summed E-state index contributed by atoms with van der Waals surface area (Å²) in [5.74, 6) is -0.475. The van der Waals surface area contributed by atoms with Crippen molar-refractivity contribution in [3.8, 4) is 0 Å². The van der Waals surface area contributed by atoms with E-state index in [9.17, 15) is 9.18 Å². The minimum Gasteiger partial charge on any atom is -0.288 e. The fourth-order valence-electron chi connectivity index (χ4n) is 1.43. The van der Waals surface area contributed by atoms with Gasteiger partial charge in [0, 0.05) is 19.4 Å².